The van der Waals surface area contributed by atoms with Crippen LogP contribution in [0.15, 0.2) is 24.3 Å². The topological polar surface area (TPSA) is 71.3 Å². The van der Waals surface area contributed by atoms with Crippen LogP contribution < -0.4 is 10.2 Å². The van der Waals surface area contributed by atoms with Crippen LogP contribution in [-0.4, -0.2) is 24.0 Å². The van der Waals surface area contributed by atoms with Crippen molar-refractivity contribution in [1.82, 2.24) is 4.98 Å². The third kappa shape index (κ3) is 3.17. The van der Waals surface area contributed by atoms with E-state index in [9.17, 15) is 10.1 Å². The van der Waals surface area contributed by atoms with E-state index in [-0.39, 0.29) is 5.69 Å². The molecule has 1 N–H and O–H groups in total. The lowest BCUT2D eigenvalue weighted by molar-refractivity contribution is -0.384. The molecule has 20 heavy (non-hydrogen) atoms. The molecule has 2 heterocycles. The Labute approximate surface area is 125 Å². The Morgan fingerprint density at radius 2 is 2.20 bits per heavy atom. The van der Waals surface area contributed by atoms with Crippen molar-refractivity contribution in [2.24, 2.45) is 0 Å². The summed E-state index contributed by atoms with van der Waals surface area (Å²) in [5, 5.41) is 14.0. The number of nitrogens with zero attached hydrogens (tertiary/aromatic N) is 3. The molecule has 0 aliphatic heterocycles. The second-order valence-corrected chi connectivity index (χ2v) is 5.91. The predicted molar refractivity (Wildman–Crippen MR) is 81.9 cm³/mol. The Hall–Kier alpha value is -1.86. The maximum absolute atomic E-state index is 11.1. The van der Waals surface area contributed by atoms with Crippen LogP contribution >= 0.6 is 22.9 Å². The van der Waals surface area contributed by atoms with Crippen molar-refractivity contribution < 1.29 is 4.92 Å². The first-order chi connectivity index (χ1) is 9.51. The second-order valence-electron chi connectivity index (χ2n) is 4.11. The Bertz CT molecular complexity index is 632. The molecular weight excluding hydrogens is 300 g/mol. The average Bonchev–Trinajstić information content (AvgIpc) is 2.83. The number of anilines is 2. The highest BCUT2D eigenvalue weighted by Crippen LogP contribution is 2.29. The highest BCUT2D eigenvalue weighted by atomic mass is 35.5. The zero-order valence-corrected chi connectivity index (χ0v) is 12.5. The monoisotopic (exact) mass is 312 g/mol. The lowest BCUT2D eigenvalue weighted by Crippen LogP contribution is -2.19. The number of nitrogens with one attached hydrogen (secondary N) is 1. The van der Waals surface area contributed by atoms with Gasteiger partial charge in [0.15, 0.2) is 0 Å². The second kappa shape index (κ2) is 6.06. The van der Waals surface area contributed by atoms with E-state index < -0.39 is 4.92 Å². The molecule has 6 nitrogen and oxygen atoms in total. The van der Waals surface area contributed by atoms with E-state index in [0.717, 1.165) is 4.88 Å². The van der Waals surface area contributed by atoms with Crippen LogP contribution in [0.1, 0.15) is 4.88 Å². The summed E-state index contributed by atoms with van der Waals surface area (Å²) in [6.45, 7) is 0.512. The van der Waals surface area contributed by atoms with Gasteiger partial charge in [-0.2, -0.15) is 0 Å². The standard InChI is InChI=1S/C12H13ClN4O2S/c1-14-11-6-4-9(17(18)19)12(15-11)16(2)7-8-3-5-10(13)20-8/h3-6H,7H2,1-2H3,(H,14,15). The molecule has 0 aliphatic rings. The minimum atomic E-state index is -0.431. The van der Waals surface area contributed by atoms with E-state index >= 15 is 0 Å². The van der Waals surface area contributed by atoms with Crippen molar-refractivity contribution in [3.05, 3.63) is 43.6 Å². The molecule has 2 rings (SSSR count). The molecule has 0 saturated heterocycles. The van der Waals surface area contributed by atoms with Gasteiger partial charge in [0.1, 0.15) is 5.82 Å². The number of hydrogen-bond donors (Lipinski definition) is 1. The molecule has 0 bridgehead atoms. The smallest absolute Gasteiger partial charge is 0.311 e. The summed E-state index contributed by atoms with van der Waals surface area (Å²) < 4.78 is 0.694. The Kier molecular flexibility index (Phi) is 4.41. The maximum atomic E-state index is 11.1. The molecule has 0 spiro atoms. The van der Waals surface area contributed by atoms with Crippen LogP contribution in [0.4, 0.5) is 17.3 Å². The number of hydrogen-bond acceptors (Lipinski definition) is 6. The van der Waals surface area contributed by atoms with Gasteiger partial charge in [-0.15, -0.1) is 11.3 Å². The SMILES string of the molecule is CNc1ccc([N+](=O)[O-])c(N(C)Cc2ccc(Cl)s2)n1. The largest absolute Gasteiger partial charge is 0.373 e. The number of thiophene rings is 1. The zero-order chi connectivity index (χ0) is 14.7. The van der Waals surface area contributed by atoms with Gasteiger partial charge in [-0.3, -0.25) is 10.1 Å². The molecule has 0 amide bonds. The first-order valence-electron chi connectivity index (χ1n) is 5.80. The van der Waals surface area contributed by atoms with Crippen molar-refractivity contribution in [2.45, 2.75) is 6.54 Å². The van der Waals surface area contributed by atoms with Crippen molar-refractivity contribution in [2.75, 3.05) is 24.3 Å². The molecule has 106 valence electrons. The molecule has 0 aliphatic carbocycles. The van der Waals surface area contributed by atoms with E-state index in [1.165, 1.54) is 17.4 Å². The number of aromatic nitrogens is 1. The van der Waals surface area contributed by atoms with Crippen LogP contribution in [0.3, 0.4) is 0 Å². The first kappa shape index (κ1) is 14.5. The van der Waals surface area contributed by atoms with Gasteiger partial charge >= 0.3 is 5.69 Å². The van der Waals surface area contributed by atoms with Crippen molar-refractivity contribution in [1.29, 1.82) is 0 Å². The zero-order valence-electron chi connectivity index (χ0n) is 11.0. The molecule has 2 aromatic rings. The molecular formula is C12H13ClN4O2S. The molecule has 0 saturated carbocycles. The molecule has 0 unspecified atom stereocenters. The van der Waals surface area contributed by atoms with E-state index in [4.69, 9.17) is 11.6 Å². The fourth-order valence-electron chi connectivity index (χ4n) is 1.75. The van der Waals surface area contributed by atoms with E-state index in [1.54, 1.807) is 31.1 Å². The van der Waals surface area contributed by atoms with Gasteiger partial charge in [0, 0.05) is 25.0 Å². The van der Waals surface area contributed by atoms with Gasteiger partial charge in [0.05, 0.1) is 15.8 Å². The molecule has 0 fully saturated rings. The van der Waals surface area contributed by atoms with Gasteiger partial charge < -0.3 is 10.2 Å². The summed E-state index contributed by atoms with van der Waals surface area (Å²) in [7, 11) is 3.49. The Morgan fingerprint density at radius 3 is 2.75 bits per heavy atom. The van der Waals surface area contributed by atoms with E-state index in [1.807, 2.05) is 6.07 Å². The van der Waals surface area contributed by atoms with Gasteiger partial charge in [-0.05, 0) is 18.2 Å². The van der Waals surface area contributed by atoms with Gasteiger partial charge in [-0.25, -0.2) is 4.98 Å². The molecule has 8 heteroatoms. The molecule has 0 aromatic carbocycles. The fourth-order valence-corrected chi connectivity index (χ4v) is 2.89. The van der Waals surface area contributed by atoms with Gasteiger partial charge in [0.25, 0.3) is 0 Å². The number of halogens is 1. The normalized spacial score (nSPS) is 10.3. The molecule has 2 aromatic heterocycles. The summed E-state index contributed by atoms with van der Waals surface area (Å²) in [4.78, 5) is 17.7. The van der Waals surface area contributed by atoms with E-state index in [0.29, 0.717) is 22.5 Å². The van der Waals surface area contributed by atoms with Crippen LogP contribution in [0.25, 0.3) is 0 Å². The van der Waals surface area contributed by atoms with Crippen LogP contribution in [-0.2, 0) is 6.54 Å². The predicted octanol–water partition coefficient (Wildman–Crippen LogP) is 3.38. The number of rotatable bonds is 5. The fraction of sp³-hybridized carbons (Fsp3) is 0.250. The van der Waals surface area contributed by atoms with E-state index in [2.05, 4.69) is 10.3 Å². The summed E-state index contributed by atoms with van der Waals surface area (Å²) in [6.07, 6.45) is 0. The average molecular weight is 313 g/mol. The lowest BCUT2D eigenvalue weighted by atomic mass is 10.3. The van der Waals surface area contributed by atoms with Gasteiger partial charge in [-0.1, -0.05) is 11.6 Å². The minimum absolute atomic E-state index is 0.0193. The van der Waals surface area contributed by atoms with Crippen molar-refractivity contribution in [3.8, 4) is 0 Å². The summed E-state index contributed by atoms with van der Waals surface area (Å²) in [6, 6.07) is 6.74. The minimum Gasteiger partial charge on any atom is -0.373 e. The van der Waals surface area contributed by atoms with Crippen molar-refractivity contribution >= 4 is 40.3 Å². The highest BCUT2D eigenvalue weighted by Gasteiger charge is 2.20. The van der Waals surface area contributed by atoms with Crippen LogP contribution in [0, 0.1) is 10.1 Å². The summed E-state index contributed by atoms with van der Waals surface area (Å²) in [5.74, 6) is 0.910. The van der Waals surface area contributed by atoms with Gasteiger partial charge in [0.2, 0.25) is 5.82 Å². The molecule has 0 radical (unpaired) electrons. The number of pyridine rings is 1. The summed E-state index contributed by atoms with van der Waals surface area (Å²) >= 11 is 7.33. The van der Waals surface area contributed by atoms with Crippen LogP contribution in [0.5, 0.6) is 0 Å². The quantitative estimate of drug-likeness (QED) is 0.677. The first-order valence-corrected chi connectivity index (χ1v) is 6.99. The number of nitro groups is 1. The van der Waals surface area contributed by atoms with Crippen molar-refractivity contribution in [3.63, 3.8) is 0 Å². The third-order valence-corrected chi connectivity index (χ3v) is 3.91. The Balaban J connectivity index is 2.31. The molecule has 0 atom stereocenters. The highest BCUT2D eigenvalue weighted by molar-refractivity contribution is 7.16. The third-order valence-electron chi connectivity index (χ3n) is 2.69. The Morgan fingerprint density at radius 1 is 1.45 bits per heavy atom. The maximum Gasteiger partial charge on any atom is 0.311 e. The lowest BCUT2D eigenvalue weighted by Gasteiger charge is -2.17. The summed E-state index contributed by atoms with van der Waals surface area (Å²) in [5.41, 5.74) is -0.0193. The van der Waals surface area contributed by atoms with Crippen LogP contribution in [0.2, 0.25) is 4.34 Å².